The molecule has 27 heavy (non-hydrogen) atoms. The number of likely N-dealkylation sites (N-methyl/N-ethyl adjacent to an activating group) is 1. The first-order valence-corrected chi connectivity index (χ1v) is 9.29. The third-order valence-electron chi connectivity index (χ3n) is 5.50. The summed E-state index contributed by atoms with van der Waals surface area (Å²) in [7, 11) is 3.11. The molecule has 2 aromatic carbocycles. The number of ether oxygens (including phenoxy) is 2. The van der Waals surface area contributed by atoms with E-state index in [1.807, 2.05) is 30.3 Å². The fourth-order valence-corrected chi connectivity index (χ4v) is 4.25. The smallest absolute Gasteiger partial charge is 0.338 e. The highest BCUT2D eigenvalue weighted by Crippen LogP contribution is 2.50. The molecule has 4 heteroatoms. The topological polar surface area (TPSA) is 38.8 Å². The maximum Gasteiger partial charge on any atom is 0.338 e. The number of methoxy groups -OCH3 is 2. The van der Waals surface area contributed by atoms with Crippen LogP contribution in [0.3, 0.4) is 0 Å². The second-order valence-corrected chi connectivity index (χ2v) is 6.96. The Labute approximate surface area is 161 Å². The number of anilines is 1. The highest BCUT2D eigenvalue weighted by atomic mass is 16.5. The number of hydrogen-bond donors (Lipinski definition) is 0. The summed E-state index contributed by atoms with van der Waals surface area (Å²) >= 11 is 0. The predicted molar refractivity (Wildman–Crippen MR) is 109 cm³/mol. The molecule has 1 atom stereocenters. The van der Waals surface area contributed by atoms with Gasteiger partial charge in [-0.15, -0.1) is 0 Å². The minimum atomic E-state index is -0.299. The van der Waals surface area contributed by atoms with E-state index < -0.39 is 0 Å². The van der Waals surface area contributed by atoms with Gasteiger partial charge in [-0.1, -0.05) is 24.3 Å². The lowest BCUT2D eigenvalue weighted by Gasteiger charge is -2.30. The van der Waals surface area contributed by atoms with E-state index in [4.69, 9.17) is 9.47 Å². The molecule has 0 N–H and O–H groups in total. The summed E-state index contributed by atoms with van der Waals surface area (Å²) in [5.74, 6) is 0.544. The minimum absolute atomic E-state index is 0.265. The normalized spacial score (nSPS) is 19.9. The van der Waals surface area contributed by atoms with Crippen molar-refractivity contribution in [2.24, 2.45) is 0 Å². The van der Waals surface area contributed by atoms with Gasteiger partial charge in [-0.05, 0) is 62.6 Å². The van der Waals surface area contributed by atoms with Crippen LogP contribution in [-0.2, 0) is 16.6 Å². The van der Waals surface area contributed by atoms with Crippen molar-refractivity contribution in [3.05, 3.63) is 70.9 Å². The Balaban J connectivity index is 2.16. The minimum Gasteiger partial charge on any atom is -0.497 e. The number of hydrogen-bond acceptors (Lipinski definition) is 4. The monoisotopic (exact) mass is 365 g/mol. The first-order chi connectivity index (χ1) is 13.0. The molecular formula is C23H27NO3. The Morgan fingerprint density at radius 1 is 1.19 bits per heavy atom. The lowest BCUT2D eigenvalue weighted by Crippen LogP contribution is -2.31. The van der Waals surface area contributed by atoms with Gasteiger partial charge in [-0.25, -0.2) is 4.79 Å². The maximum atomic E-state index is 12.3. The SMILES string of the molecule is C/C=C1\N(CC)c2ccc(OC)cc2C1(C)Cc1ccccc1C(=O)OC. The lowest BCUT2D eigenvalue weighted by atomic mass is 9.75. The van der Waals surface area contributed by atoms with Crippen LogP contribution in [0.5, 0.6) is 5.75 Å². The fourth-order valence-electron chi connectivity index (χ4n) is 4.25. The molecule has 4 nitrogen and oxygen atoms in total. The zero-order chi connectivity index (χ0) is 19.6. The van der Waals surface area contributed by atoms with Gasteiger partial charge >= 0.3 is 5.97 Å². The molecule has 1 unspecified atom stereocenters. The Morgan fingerprint density at radius 3 is 2.56 bits per heavy atom. The summed E-state index contributed by atoms with van der Waals surface area (Å²) in [4.78, 5) is 14.6. The zero-order valence-corrected chi connectivity index (χ0v) is 16.7. The summed E-state index contributed by atoms with van der Waals surface area (Å²) in [6.45, 7) is 7.36. The molecule has 0 aromatic heterocycles. The third kappa shape index (κ3) is 3.09. The first kappa shape index (κ1) is 19.0. The van der Waals surface area contributed by atoms with Crippen molar-refractivity contribution in [2.45, 2.75) is 32.6 Å². The van der Waals surface area contributed by atoms with Crippen LogP contribution in [0, 0.1) is 0 Å². The molecule has 0 bridgehead atoms. The molecule has 1 heterocycles. The zero-order valence-electron chi connectivity index (χ0n) is 16.7. The molecule has 0 spiro atoms. The van der Waals surface area contributed by atoms with Crippen molar-refractivity contribution in [1.82, 2.24) is 0 Å². The van der Waals surface area contributed by atoms with Crippen LogP contribution in [0.25, 0.3) is 0 Å². The van der Waals surface area contributed by atoms with E-state index >= 15 is 0 Å². The fraction of sp³-hybridized carbons (Fsp3) is 0.348. The number of nitrogens with zero attached hydrogens (tertiary/aromatic N) is 1. The van der Waals surface area contributed by atoms with E-state index in [9.17, 15) is 4.79 Å². The summed E-state index contributed by atoms with van der Waals surface area (Å²) in [5.41, 5.74) is 5.00. The second kappa shape index (κ2) is 7.47. The van der Waals surface area contributed by atoms with Gasteiger partial charge in [-0.3, -0.25) is 0 Å². The summed E-state index contributed by atoms with van der Waals surface area (Å²) in [6.07, 6.45) is 2.88. The molecule has 2 aromatic rings. The molecule has 1 aliphatic rings. The highest BCUT2D eigenvalue weighted by molar-refractivity contribution is 5.91. The molecule has 1 aliphatic heterocycles. The van der Waals surface area contributed by atoms with E-state index in [-0.39, 0.29) is 11.4 Å². The van der Waals surface area contributed by atoms with E-state index in [2.05, 4.69) is 43.9 Å². The van der Waals surface area contributed by atoms with Gasteiger partial charge in [0.1, 0.15) is 5.75 Å². The Bertz CT molecular complexity index is 887. The second-order valence-electron chi connectivity index (χ2n) is 6.96. The van der Waals surface area contributed by atoms with E-state index in [0.717, 1.165) is 17.9 Å². The average Bonchev–Trinajstić information content (AvgIpc) is 2.94. The van der Waals surface area contributed by atoms with Crippen LogP contribution in [0.15, 0.2) is 54.2 Å². The number of allylic oxidation sites excluding steroid dienone is 2. The van der Waals surface area contributed by atoms with Crippen LogP contribution in [0.1, 0.15) is 42.3 Å². The van der Waals surface area contributed by atoms with Crippen molar-refractivity contribution in [3.63, 3.8) is 0 Å². The predicted octanol–water partition coefficient (Wildman–Crippen LogP) is 4.73. The van der Waals surface area contributed by atoms with Gasteiger partial charge in [0, 0.05) is 23.3 Å². The number of carbonyl (C=O) groups is 1. The lowest BCUT2D eigenvalue weighted by molar-refractivity contribution is 0.0599. The highest BCUT2D eigenvalue weighted by Gasteiger charge is 2.43. The molecule has 0 saturated carbocycles. The van der Waals surface area contributed by atoms with Gasteiger partial charge in [-0.2, -0.15) is 0 Å². The Morgan fingerprint density at radius 2 is 1.93 bits per heavy atom. The van der Waals surface area contributed by atoms with Crippen LogP contribution in [0.4, 0.5) is 5.69 Å². The Hall–Kier alpha value is -2.75. The van der Waals surface area contributed by atoms with Crippen molar-refractivity contribution in [3.8, 4) is 5.75 Å². The van der Waals surface area contributed by atoms with Gasteiger partial charge in [0.2, 0.25) is 0 Å². The molecule has 0 saturated heterocycles. The van der Waals surface area contributed by atoms with Crippen LogP contribution >= 0.6 is 0 Å². The van der Waals surface area contributed by atoms with Crippen LogP contribution < -0.4 is 9.64 Å². The average molecular weight is 365 g/mol. The molecule has 0 amide bonds. The molecule has 0 radical (unpaired) electrons. The van der Waals surface area contributed by atoms with E-state index in [1.54, 1.807) is 7.11 Å². The maximum absolute atomic E-state index is 12.3. The molecule has 3 rings (SSSR count). The van der Waals surface area contributed by atoms with Gasteiger partial charge in [0.15, 0.2) is 0 Å². The number of benzene rings is 2. The van der Waals surface area contributed by atoms with Crippen molar-refractivity contribution in [1.29, 1.82) is 0 Å². The van der Waals surface area contributed by atoms with Crippen molar-refractivity contribution in [2.75, 3.05) is 25.7 Å². The number of fused-ring (bicyclic) bond motifs is 1. The van der Waals surface area contributed by atoms with E-state index in [1.165, 1.54) is 24.1 Å². The molecule has 0 fully saturated rings. The third-order valence-corrected chi connectivity index (χ3v) is 5.50. The number of esters is 1. The molecule has 142 valence electrons. The summed E-state index contributed by atoms with van der Waals surface area (Å²) < 4.78 is 10.5. The van der Waals surface area contributed by atoms with Crippen molar-refractivity contribution < 1.29 is 14.3 Å². The van der Waals surface area contributed by atoms with Gasteiger partial charge in [0.25, 0.3) is 0 Å². The van der Waals surface area contributed by atoms with Crippen LogP contribution in [-0.4, -0.2) is 26.7 Å². The Kier molecular flexibility index (Phi) is 5.26. The summed E-state index contributed by atoms with van der Waals surface area (Å²) in [6, 6.07) is 13.9. The van der Waals surface area contributed by atoms with E-state index in [0.29, 0.717) is 12.0 Å². The molecular weight excluding hydrogens is 338 g/mol. The number of rotatable bonds is 5. The summed E-state index contributed by atoms with van der Waals surface area (Å²) in [5, 5.41) is 0. The quantitative estimate of drug-likeness (QED) is 0.718. The van der Waals surface area contributed by atoms with Gasteiger partial charge < -0.3 is 14.4 Å². The molecule has 0 aliphatic carbocycles. The van der Waals surface area contributed by atoms with Crippen molar-refractivity contribution >= 4 is 11.7 Å². The first-order valence-electron chi connectivity index (χ1n) is 9.29. The van der Waals surface area contributed by atoms with Crippen LogP contribution in [0.2, 0.25) is 0 Å². The number of carbonyl (C=O) groups excluding carboxylic acids is 1. The standard InChI is InChI=1S/C23H27NO3/c1-6-21-23(3,15-16-10-8-9-11-18(16)22(25)27-5)19-14-17(26-4)12-13-20(19)24(21)7-2/h6,8-14H,7,15H2,1-5H3/b21-6-. The largest absolute Gasteiger partial charge is 0.497 e. The van der Waals surface area contributed by atoms with Gasteiger partial charge in [0.05, 0.1) is 19.8 Å².